The smallest absolute Gasteiger partial charge is 0.229 e. The highest BCUT2D eigenvalue weighted by Crippen LogP contribution is 2.15. The Morgan fingerprint density at radius 1 is 1.44 bits per heavy atom. The number of benzene rings is 1. The van der Waals surface area contributed by atoms with Crippen LogP contribution < -0.4 is 0 Å². The number of halogens is 1. The number of hydrogen-bond acceptors (Lipinski definition) is 2. The molecule has 0 aliphatic heterocycles. The molecule has 2 rings (SSSR count). The van der Waals surface area contributed by atoms with Gasteiger partial charge in [0.15, 0.2) is 5.82 Å². The van der Waals surface area contributed by atoms with Crippen LogP contribution in [0.25, 0.3) is 0 Å². The van der Waals surface area contributed by atoms with Crippen molar-refractivity contribution < 1.29 is 4.79 Å². The molecular weight excluding hydrogens is 315 g/mol. The van der Waals surface area contributed by atoms with Crippen molar-refractivity contribution in [1.82, 2.24) is 9.55 Å². The van der Waals surface area contributed by atoms with E-state index >= 15 is 0 Å². The predicted octanol–water partition coefficient (Wildman–Crippen LogP) is 2.74. The molecule has 1 aromatic carbocycles. The van der Waals surface area contributed by atoms with E-state index in [1.165, 1.54) is 0 Å². The van der Waals surface area contributed by atoms with Gasteiger partial charge in [-0.15, -0.1) is 0 Å². The number of rotatable bonds is 3. The van der Waals surface area contributed by atoms with E-state index in [-0.39, 0.29) is 5.78 Å². The van der Waals surface area contributed by atoms with Gasteiger partial charge < -0.3 is 4.57 Å². The molecule has 0 spiro atoms. The van der Waals surface area contributed by atoms with Crippen molar-refractivity contribution in [3.63, 3.8) is 0 Å². The van der Waals surface area contributed by atoms with Crippen molar-refractivity contribution in [1.29, 1.82) is 0 Å². The highest BCUT2D eigenvalue weighted by Gasteiger charge is 2.16. The van der Waals surface area contributed by atoms with E-state index in [0.717, 1.165) is 10.1 Å². The fourth-order valence-electron chi connectivity index (χ4n) is 1.54. The van der Waals surface area contributed by atoms with Gasteiger partial charge in [-0.1, -0.05) is 12.1 Å². The summed E-state index contributed by atoms with van der Waals surface area (Å²) in [6.07, 6.45) is 3.48. The second-order valence-electron chi connectivity index (χ2n) is 3.35. The lowest BCUT2D eigenvalue weighted by atomic mass is 10.1. The van der Waals surface area contributed by atoms with Gasteiger partial charge in [-0.3, -0.25) is 4.79 Å². The minimum absolute atomic E-state index is 0.0168. The zero-order chi connectivity index (χ0) is 11.5. The second kappa shape index (κ2) is 4.78. The molecule has 0 bridgehead atoms. The first kappa shape index (κ1) is 11.3. The quantitative estimate of drug-likeness (QED) is 0.642. The molecule has 3 nitrogen and oxygen atoms in total. The fourth-order valence-corrected chi connectivity index (χ4v) is 2.17. The van der Waals surface area contributed by atoms with Gasteiger partial charge in [0.25, 0.3) is 0 Å². The van der Waals surface area contributed by atoms with E-state index < -0.39 is 0 Å². The fraction of sp³-hybridized carbons (Fsp3) is 0.167. The number of carbonyl (C=O) groups is 1. The number of aryl methyl sites for hydroxylation is 1. The van der Waals surface area contributed by atoms with E-state index in [4.69, 9.17) is 0 Å². The van der Waals surface area contributed by atoms with Crippen molar-refractivity contribution >= 4 is 28.4 Å². The third kappa shape index (κ3) is 2.02. The summed E-state index contributed by atoms with van der Waals surface area (Å²) in [5, 5.41) is 0. The number of nitrogens with zero attached hydrogens (tertiary/aromatic N) is 2. The summed E-state index contributed by atoms with van der Waals surface area (Å²) in [4.78, 5) is 16.3. The molecule has 0 amide bonds. The third-order valence-corrected chi connectivity index (χ3v) is 3.32. The van der Waals surface area contributed by atoms with Crippen LogP contribution in [0.15, 0.2) is 36.7 Å². The molecule has 82 valence electrons. The maximum atomic E-state index is 12.2. The Hall–Kier alpha value is -1.17. The minimum Gasteiger partial charge on any atom is -0.328 e. The van der Waals surface area contributed by atoms with Crippen LogP contribution in [0.5, 0.6) is 0 Å². The summed E-state index contributed by atoms with van der Waals surface area (Å²) >= 11 is 2.17. The SMILES string of the molecule is CCn1ccnc1C(=O)c1ccccc1I. The Labute approximate surface area is 108 Å². The average Bonchev–Trinajstić information content (AvgIpc) is 2.77. The Bertz CT molecular complexity index is 519. The van der Waals surface area contributed by atoms with E-state index in [0.29, 0.717) is 11.4 Å². The molecule has 0 saturated carbocycles. The number of ketones is 1. The van der Waals surface area contributed by atoms with Crippen molar-refractivity contribution in [3.8, 4) is 0 Å². The first-order valence-electron chi connectivity index (χ1n) is 5.04. The van der Waals surface area contributed by atoms with E-state index in [2.05, 4.69) is 27.6 Å². The molecule has 0 aliphatic carbocycles. The molecule has 1 heterocycles. The number of aromatic nitrogens is 2. The van der Waals surface area contributed by atoms with Crippen LogP contribution >= 0.6 is 22.6 Å². The lowest BCUT2D eigenvalue weighted by molar-refractivity contribution is 0.102. The lowest BCUT2D eigenvalue weighted by Gasteiger charge is -2.05. The molecule has 0 radical (unpaired) electrons. The van der Waals surface area contributed by atoms with Gasteiger partial charge in [0, 0.05) is 28.1 Å². The van der Waals surface area contributed by atoms with Crippen molar-refractivity contribution in [2.24, 2.45) is 0 Å². The average molecular weight is 326 g/mol. The van der Waals surface area contributed by atoms with E-state index in [9.17, 15) is 4.79 Å². The van der Waals surface area contributed by atoms with Crippen LogP contribution in [0.2, 0.25) is 0 Å². The molecule has 2 aromatic rings. The van der Waals surface area contributed by atoms with Crippen molar-refractivity contribution in [3.05, 3.63) is 51.6 Å². The molecule has 0 fully saturated rings. The van der Waals surface area contributed by atoms with Gasteiger partial charge >= 0.3 is 0 Å². The summed E-state index contributed by atoms with van der Waals surface area (Å²) in [6, 6.07) is 7.55. The first-order chi connectivity index (χ1) is 7.74. The molecule has 0 unspecified atom stereocenters. The van der Waals surface area contributed by atoms with Gasteiger partial charge in [0.1, 0.15) is 0 Å². The molecular formula is C12H11IN2O. The lowest BCUT2D eigenvalue weighted by Crippen LogP contribution is -2.11. The molecule has 0 N–H and O–H groups in total. The summed E-state index contributed by atoms with van der Waals surface area (Å²) in [6.45, 7) is 2.75. The minimum atomic E-state index is -0.0168. The standard InChI is InChI=1S/C12H11IN2O/c1-2-15-8-7-14-12(15)11(16)9-5-3-4-6-10(9)13/h3-8H,2H2,1H3. The Kier molecular flexibility index (Phi) is 3.38. The maximum absolute atomic E-state index is 12.2. The first-order valence-corrected chi connectivity index (χ1v) is 6.12. The zero-order valence-electron chi connectivity index (χ0n) is 8.85. The monoisotopic (exact) mass is 326 g/mol. The van der Waals surface area contributed by atoms with E-state index in [1.807, 2.05) is 42.0 Å². The van der Waals surface area contributed by atoms with Gasteiger partial charge in [-0.25, -0.2) is 4.98 Å². The second-order valence-corrected chi connectivity index (χ2v) is 4.51. The van der Waals surface area contributed by atoms with Gasteiger partial charge in [0.2, 0.25) is 5.78 Å². The van der Waals surface area contributed by atoms with E-state index in [1.54, 1.807) is 6.20 Å². The van der Waals surface area contributed by atoms with Gasteiger partial charge in [-0.2, -0.15) is 0 Å². The van der Waals surface area contributed by atoms with Gasteiger partial charge in [-0.05, 0) is 41.6 Å². The van der Waals surface area contributed by atoms with Crippen LogP contribution in [0.1, 0.15) is 23.1 Å². The molecule has 1 aromatic heterocycles. The maximum Gasteiger partial charge on any atom is 0.229 e. The Morgan fingerprint density at radius 2 is 2.19 bits per heavy atom. The molecule has 16 heavy (non-hydrogen) atoms. The Balaban J connectivity index is 2.44. The summed E-state index contributed by atoms with van der Waals surface area (Å²) in [7, 11) is 0. The van der Waals surface area contributed by atoms with Crippen molar-refractivity contribution in [2.75, 3.05) is 0 Å². The topological polar surface area (TPSA) is 34.9 Å². The highest BCUT2D eigenvalue weighted by atomic mass is 127. The highest BCUT2D eigenvalue weighted by molar-refractivity contribution is 14.1. The predicted molar refractivity (Wildman–Crippen MR) is 70.5 cm³/mol. The number of imidazole rings is 1. The largest absolute Gasteiger partial charge is 0.328 e. The summed E-state index contributed by atoms with van der Waals surface area (Å²) < 4.78 is 2.81. The molecule has 0 atom stereocenters. The number of carbonyl (C=O) groups excluding carboxylic acids is 1. The third-order valence-electron chi connectivity index (χ3n) is 2.38. The summed E-state index contributed by atoms with van der Waals surface area (Å²) in [5.41, 5.74) is 0.712. The van der Waals surface area contributed by atoms with Gasteiger partial charge in [0.05, 0.1) is 0 Å². The van der Waals surface area contributed by atoms with Crippen LogP contribution in [-0.2, 0) is 6.54 Å². The normalized spacial score (nSPS) is 10.4. The van der Waals surface area contributed by atoms with Crippen LogP contribution in [-0.4, -0.2) is 15.3 Å². The van der Waals surface area contributed by atoms with Crippen LogP contribution in [0.4, 0.5) is 0 Å². The van der Waals surface area contributed by atoms with Crippen LogP contribution in [0.3, 0.4) is 0 Å². The molecule has 0 saturated heterocycles. The summed E-state index contributed by atoms with van der Waals surface area (Å²) in [5.74, 6) is 0.489. The van der Waals surface area contributed by atoms with Crippen LogP contribution in [0, 0.1) is 3.57 Å². The molecule has 0 aliphatic rings. The Morgan fingerprint density at radius 3 is 2.88 bits per heavy atom. The zero-order valence-corrected chi connectivity index (χ0v) is 11.0. The number of hydrogen-bond donors (Lipinski definition) is 0. The molecule has 4 heteroatoms. The van der Waals surface area contributed by atoms with Crippen molar-refractivity contribution in [2.45, 2.75) is 13.5 Å².